The second kappa shape index (κ2) is 7.33. The molecule has 0 saturated heterocycles. The van der Waals surface area contributed by atoms with Gasteiger partial charge in [-0.2, -0.15) is 11.3 Å². The summed E-state index contributed by atoms with van der Waals surface area (Å²) in [7, 11) is 4.92. The van der Waals surface area contributed by atoms with Gasteiger partial charge in [-0.3, -0.25) is 0 Å². The highest BCUT2D eigenvalue weighted by molar-refractivity contribution is 7.08. The highest BCUT2D eigenvalue weighted by Gasteiger charge is 2.11. The maximum absolute atomic E-state index is 5.43. The largest absolute Gasteiger partial charge is 0.496 e. The Bertz CT molecular complexity index is 595. The first-order valence-electron chi connectivity index (χ1n) is 6.70. The van der Waals surface area contributed by atoms with Crippen LogP contribution in [0.3, 0.4) is 0 Å². The third-order valence-electron chi connectivity index (χ3n) is 3.38. The molecule has 1 aromatic heterocycles. The van der Waals surface area contributed by atoms with E-state index >= 15 is 0 Å². The quantitative estimate of drug-likeness (QED) is 0.851. The minimum absolute atomic E-state index is 0.673. The highest BCUT2D eigenvalue weighted by atomic mass is 32.1. The van der Waals surface area contributed by atoms with Crippen LogP contribution in [0.15, 0.2) is 22.9 Å². The number of hydrogen-bond acceptors (Lipinski definition) is 5. The van der Waals surface area contributed by atoms with E-state index in [-0.39, 0.29) is 0 Å². The topological polar surface area (TPSA) is 39.7 Å². The molecule has 0 fully saturated rings. The molecule has 0 aliphatic heterocycles. The number of thiophene rings is 1. The highest BCUT2D eigenvalue weighted by Crippen LogP contribution is 2.34. The van der Waals surface area contributed by atoms with Crippen molar-refractivity contribution in [2.24, 2.45) is 0 Å². The van der Waals surface area contributed by atoms with E-state index in [1.54, 1.807) is 32.7 Å². The van der Waals surface area contributed by atoms with Crippen molar-refractivity contribution in [2.75, 3.05) is 21.3 Å². The predicted octanol–water partition coefficient (Wildman–Crippen LogP) is 3.37. The second-order valence-electron chi connectivity index (χ2n) is 4.70. The van der Waals surface area contributed by atoms with Gasteiger partial charge in [0.15, 0.2) is 11.5 Å². The smallest absolute Gasteiger partial charge is 0.164 e. The van der Waals surface area contributed by atoms with E-state index in [4.69, 9.17) is 14.2 Å². The summed E-state index contributed by atoms with van der Waals surface area (Å²) in [5.74, 6) is 2.18. The first-order chi connectivity index (χ1) is 10.2. The Kier molecular flexibility index (Phi) is 5.47. The molecule has 0 unspecified atom stereocenters. The molecule has 2 rings (SSSR count). The molecule has 0 atom stereocenters. The standard InChI is InChI=1S/C16H21NO3S/c1-11-9-21-10-13(11)8-17-7-12-5-15(19-3)16(20-4)6-14(12)18-2/h5-6,9-10,17H,7-8H2,1-4H3. The SMILES string of the molecule is COc1cc(OC)c(OC)cc1CNCc1cscc1C. The van der Waals surface area contributed by atoms with E-state index in [1.165, 1.54) is 11.1 Å². The van der Waals surface area contributed by atoms with Crippen LogP contribution in [0, 0.1) is 6.92 Å². The molecule has 0 spiro atoms. The molecule has 0 amide bonds. The van der Waals surface area contributed by atoms with Gasteiger partial charge < -0.3 is 19.5 Å². The number of aryl methyl sites for hydroxylation is 1. The van der Waals surface area contributed by atoms with Gasteiger partial charge in [-0.1, -0.05) is 0 Å². The fourth-order valence-electron chi connectivity index (χ4n) is 2.13. The van der Waals surface area contributed by atoms with Gasteiger partial charge in [-0.05, 0) is 34.9 Å². The number of nitrogens with one attached hydrogen (secondary N) is 1. The Balaban J connectivity index is 2.09. The molecule has 1 heterocycles. The number of rotatable bonds is 7. The normalized spacial score (nSPS) is 10.5. The van der Waals surface area contributed by atoms with Gasteiger partial charge in [-0.25, -0.2) is 0 Å². The molecule has 1 N–H and O–H groups in total. The first kappa shape index (κ1) is 15.7. The number of methoxy groups -OCH3 is 3. The summed E-state index contributed by atoms with van der Waals surface area (Å²) in [6, 6.07) is 3.80. The average molecular weight is 307 g/mol. The third kappa shape index (κ3) is 3.68. The molecule has 0 radical (unpaired) electrons. The van der Waals surface area contributed by atoms with Gasteiger partial charge in [0.05, 0.1) is 21.3 Å². The molecule has 0 aliphatic carbocycles. The third-order valence-corrected chi connectivity index (χ3v) is 4.29. The first-order valence-corrected chi connectivity index (χ1v) is 7.65. The lowest BCUT2D eigenvalue weighted by Gasteiger charge is -2.14. The minimum Gasteiger partial charge on any atom is -0.496 e. The van der Waals surface area contributed by atoms with E-state index in [1.807, 2.05) is 12.1 Å². The summed E-state index contributed by atoms with van der Waals surface area (Å²) in [5.41, 5.74) is 3.70. The van der Waals surface area contributed by atoms with Gasteiger partial charge in [0.25, 0.3) is 0 Å². The maximum atomic E-state index is 5.43. The van der Waals surface area contributed by atoms with Gasteiger partial charge in [0.2, 0.25) is 0 Å². The van der Waals surface area contributed by atoms with E-state index in [0.29, 0.717) is 18.0 Å². The van der Waals surface area contributed by atoms with Crippen molar-refractivity contribution >= 4 is 11.3 Å². The molecule has 1 aromatic carbocycles. The van der Waals surface area contributed by atoms with Crippen molar-refractivity contribution in [1.82, 2.24) is 5.32 Å². The zero-order chi connectivity index (χ0) is 15.2. The van der Waals surface area contributed by atoms with E-state index < -0.39 is 0 Å². The van der Waals surface area contributed by atoms with E-state index in [0.717, 1.165) is 17.9 Å². The van der Waals surface area contributed by atoms with Crippen LogP contribution in [0.1, 0.15) is 16.7 Å². The van der Waals surface area contributed by atoms with Crippen LogP contribution in [0.5, 0.6) is 17.2 Å². The molecule has 114 valence electrons. The van der Waals surface area contributed by atoms with Gasteiger partial charge >= 0.3 is 0 Å². The van der Waals surface area contributed by atoms with E-state index in [2.05, 4.69) is 23.0 Å². The molecule has 0 bridgehead atoms. The van der Waals surface area contributed by atoms with Gasteiger partial charge in [-0.15, -0.1) is 0 Å². The lowest BCUT2D eigenvalue weighted by Crippen LogP contribution is -2.13. The molecular formula is C16H21NO3S. The van der Waals surface area contributed by atoms with Crippen LogP contribution in [0.4, 0.5) is 0 Å². The van der Waals surface area contributed by atoms with Crippen molar-refractivity contribution < 1.29 is 14.2 Å². The second-order valence-corrected chi connectivity index (χ2v) is 5.45. The average Bonchev–Trinajstić information content (AvgIpc) is 2.92. The molecule has 0 aliphatic rings. The fraction of sp³-hybridized carbons (Fsp3) is 0.375. The number of hydrogen-bond donors (Lipinski definition) is 1. The molecule has 0 saturated carbocycles. The lowest BCUT2D eigenvalue weighted by molar-refractivity contribution is 0.347. The van der Waals surface area contributed by atoms with Crippen molar-refractivity contribution in [3.05, 3.63) is 39.6 Å². The van der Waals surface area contributed by atoms with Gasteiger partial charge in [0.1, 0.15) is 5.75 Å². The summed E-state index contributed by atoms with van der Waals surface area (Å²) in [6.45, 7) is 3.68. The van der Waals surface area contributed by atoms with Crippen LogP contribution < -0.4 is 19.5 Å². The van der Waals surface area contributed by atoms with Crippen LogP contribution in [0.25, 0.3) is 0 Å². The van der Waals surface area contributed by atoms with Crippen molar-refractivity contribution in [1.29, 1.82) is 0 Å². The van der Waals surface area contributed by atoms with Crippen molar-refractivity contribution in [3.8, 4) is 17.2 Å². The predicted molar refractivity (Wildman–Crippen MR) is 85.7 cm³/mol. The van der Waals surface area contributed by atoms with E-state index in [9.17, 15) is 0 Å². The Morgan fingerprint density at radius 1 is 0.857 bits per heavy atom. The summed E-state index contributed by atoms with van der Waals surface area (Å²) in [6.07, 6.45) is 0. The maximum Gasteiger partial charge on any atom is 0.164 e. The summed E-state index contributed by atoms with van der Waals surface area (Å²) < 4.78 is 16.1. The summed E-state index contributed by atoms with van der Waals surface area (Å²) in [4.78, 5) is 0. The van der Waals surface area contributed by atoms with Crippen LogP contribution >= 0.6 is 11.3 Å². The Hall–Kier alpha value is -1.72. The molecule has 2 aromatic rings. The fourth-order valence-corrected chi connectivity index (χ4v) is 2.99. The van der Waals surface area contributed by atoms with Crippen LogP contribution in [0.2, 0.25) is 0 Å². The molecule has 4 nitrogen and oxygen atoms in total. The molecule has 5 heteroatoms. The zero-order valence-corrected chi connectivity index (χ0v) is 13.7. The number of benzene rings is 1. The molecule has 21 heavy (non-hydrogen) atoms. The zero-order valence-electron chi connectivity index (χ0n) is 12.9. The Labute approximate surface area is 129 Å². The lowest BCUT2D eigenvalue weighted by atomic mass is 10.1. The molecular weight excluding hydrogens is 286 g/mol. The monoisotopic (exact) mass is 307 g/mol. The summed E-state index contributed by atoms with van der Waals surface area (Å²) in [5, 5.41) is 7.77. The number of ether oxygens (including phenoxy) is 3. The van der Waals surface area contributed by atoms with Crippen LogP contribution in [-0.4, -0.2) is 21.3 Å². The Morgan fingerprint density at radius 3 is 2.05 bits per heavy atom. The van der Waals surface area contributed by atoms with Crippen molar-refractivity contribution in [2.45, 2.75) is 20.0 Å². The Morgan fingerprint density at radius 2 is 1.48 bits per heavy atom. The van der Waals surface area contributed by atoms with Gasteiger partial charge in [0, 0.05) is 24.7 Å². The van der Waals surface area contributed by atoms with Crippen molar-refractivity contribution in [3.63, 3.8) is 0 Å². The minimum atomic E-state index is 0.673. The van der Waals surface area contributed by atoms with Crippen LogP contribution in [-0.2, 0) is 13.1 Å². The summed E-state index contributed by atoms with van der Waals surface area (Å²) >= 11 is 1.73.